The van der Waals surface area contributed by atoms with Crippen LogP contribution in [0.25, 0.3) is 0 Å². The van der Waals surface area contributed by atoms with Crippen molar-refractivity contribution in [1.29, 1.82) is 0 Å². The molecule has 30 heavy (non-hydrogen) atoms. The highest BCUT2D eigenvalue weighted by molar-refractivity contribution is 7.92. The molecule has 1 aliphatic heterocycles. The van der Waals surface area contributed by atoms with Crippen LogP contribution in [0.2, 0.25) is 0 Å². The summed E-state index contributed by atoms with van der Waals surface area (Å²) >= 11 is 0. The van der Waals surface area contributed by atoms with Gasteiger partial charge in [-0.05, 0) is 75.3 Å². The van der Waals surface area contributed by atoms with Gasteiger partial charge in [-0.1, -0.05) is 0 Å². The average molecular weight is 435 g/mol. The fraction of sp³-hybridized carbons (Fsp3) is 0.682. The SMILES string of the molecule is C[C@@H](C(=O)NC12CC3CC(CC(C3)C1)C2)N(c1ccc2c(c1)OCCO2)S(C)(=O)=O. The molecule has 0 radical (unpaired) electrons. The van der Waals surface area contributed by atoms with E-state index in [4.69, 9.17) is 9.47 Å². The molecule has 0 aromatic heterocycles. The van der Waals surface area contributed by atoms with Crippen molar-refractivity contribution >= 4 is 21.6 Å². The second kappa shape index (κ2) is 7.04. The third-order valence-corrected chi connectivity index (χ3v) is 8.54. The van der Waals surface area contributed by atoms with E-state index in [2.05, 4.69) is 5.32 Å². The summed E-state index contributed by atoms with van der Waals surface area (Å²) in [5.74, 6) is 2.98. The first-order chi connectivity index (χ1) is 14.2. The predicted octanol–water partition coefficient (Wildman–Crippen LogP) is 2.70. The molecule has 0 unspecified atom stereocenters. The molecule has 1 atom stereocenters. The Balaban J connectivity index is 1.39. The van der Waals surface area contributed by atoms with Crippen LogP contribution >= 0.6 is 0 Å². The lowest BCUT2D eigenvalue weighted by atomic mass is 9.53. The Bertz CT molecular complexity index is 925. The van der Waals surface area contributed by atoms with Crippen molar-refractivity contribution in [1.82, 2.24) is 5.32 Å². The van der Waals surface area contributed by atoms with E-state index in [-0.39, 0.29) is 11.4 Å². The van der Waals surface area contributed by atoms with Crippen LogP contribution in [-0.4, -0.2) is 45.4 Å². The van der Waals surface area contributed by atoms with Crippen LogP contribution in [0.5, 0.6) is 11.5 Å². The Morgan fingerprint density at radius 1 is 1.07 bits per heavy atom. The molecule has 1 aromatic carbocycles. The molecule has 164 valence electrons. The van der Waals surface area contributed by atoms with Gasteiger partial charge in [0.15, 0.2) is 11.5 Å². The number of ether oxygens (including phenoxy) is 2. The largest absolute Gasteiger partial charge is 0.486 e. The zero-order chi connectivity index (χ0) is 21.1. The van der Waals surface area contributed by atoms with E-state index in [9.17, 15) is 13.2 Å². The van der Waals surface area contributed by atoms with Gasteiger partial charge in [0.2, 0.25) is 15.9 Å². The van der Waals surface area contributed by atoms with Crippen molar-refractivity contribution in [3.8, 4) is 11.5 Å². The van der Waals surface area contributed by atoms with Gasteiger partial charge in [0.05, 0.1) is 11.9 Å². The van der Waals surface area contributed by atoms with E-state index in [1.165, 1.54) is 23.6 Å². The normalized spacial score (nSPS) is 32.5. The van der Waals surface area contributed by atoms with Crippen molar-refractivity contribution in [2.45, 2.75) is 57.0 Å². The molecule has 0 saturated heterocycles. The van der Waals surface area contributed by atoms with E-state index < -0.39 is 16.1 Å². The zero-order valence-electron chi connectivity index (χ0n) is 17.6. The third-order valence-electron chi connectivity index (χ3n) is 7.30. The minimum absolute atomic E-state index is 0.157. The highest BCUT2D eigenvalue weighted by atomic mass is 32.2. The third kappa shape index (κ3) is 3.53. The van der Waals surface area contributed by atoms with Crippen LogP contribution in [-0.2, 0) is 14.8 Å². The summed E-state index contributed by atoms with van der Waals surface area (Å²) in [6, 6.07) is 4.16. The van der Waals surface area contributed by atoms with Crippen molar-refractivity contribution in [3.05, 3.63) is 18.2 Å². The maximum atomic E-state index is 13.3. The molecule has 7 nitrogen and oxygen atoms in total. The molecule has 6 rings (SSSR count). The number of sulfonamides is 1. The molecule has 4 aliphatic carbocycles. The Hall–Kier alpha value is -1.96. The quantitative estimate of drug-likeness (QED) is 0.770. The molecule has 5 aliphatic rings. The Morgan fingerprint density at radius 3 is 2.20 bits per heavy atom. The Morgan fingerprint density at radius 2 is 1.63 bits per heavy atom. The summed E-state index contributed by atoms with van der Waals surface area (Å²) in [5.41, 5.74) is 0.255. The monoisotopic (exact) mass is 434 g/mol. The van der Waals surface area contributed by atoms with Gasteiger partial charge in [-0.25, -0.2) is 8.42 Å². The fourth-order valence-electron chi connectivity index (χ4n) is 6.61. The lowest BCUT2D eigenvalue weighted by Gasteiger charge is -2.57. The van der Waals surface area contributed by atoms with Crippen molar-refractivity contribution in [2.75, 3.05) is 23.8 Å². The van der Waals surface area contributed by atoms with E-state index in [1.807, 2.05) is 0 Å². The van der Waals surface area contributed by atoms with Gasteiger partial charge in [-0.15, -0.1) is 0 Å². The standard InChI is InChI=1S/C22H30N2O5S/c1-14(21(25)23-22-11-15-7-16(12-22)9-17(8-15)13-22)24(30(2,26)27)18-3-4-19-20(10-18)29-6-5-28-19/h3-4,10,14-17H,5-9,11-13H2,1-2H3,(H,23,25)/t14-,15?,16?,17?,22?/m0/s1. The zero-order valence-corrected chi connectivity index (χ0v) is 18.4. The van der Waals surface area contributed by atoms with Crippen LogP contribution in [0.4, 0.5) is 5.69 Å². The van der Waals surface area contributed by atoms with E-state index in [0.717, 1.165) is 25.5 Å². The summed E-state index contributed by atoms with van der Waals surface area (Å²) < 4.78 is 37.7. The molecule has 4 saturated carbocycles. The number of carbonyl (C=O) groups excluding carboxylic acids is 1. The molecule has 4 bridgehead atoms. The predicted molar refractivity (Wildman–Crippen MR) is 113 cm³/mol. The number of rotatable bonds is 5. The van der Waals surface area contributed by atoms with Gasteiger partial charge >= 0.3 is 0 Å². The first-order valence-corrected chi connectivity index (χ1v) is 12.8. The molecular formula is C22H30N2O5S. The summed E-state index contributed by atoms with van der Waals surface area (Å²) in [7, 11) is -3.68. The summed E-state index contributed by atoms with van der Waals surface area (Å²) in [5, 5.41) is 3.31. The van der Waals surface area contributed by atoms with Crippen molar-refractivity contribution in [2.24, 2.45) is 17.8 Å². The molecule has 8 heteroatoms. The minimum Gasteiger partial charge on any atom is -0.486 e. The number of fused-ring (bicyclic) bond motifs is 1. The Labute approximate surface area is 178 Å². The van der Waals surface area contributed by atoms with E-state index >= 15 is 0 Å². The molecule has 1 amide bonds. The fourth-order valence-corrected chi connectivity index (χ4v) is 7.77. The number of nitrogens with one attached hydrogen (secondary N) is 1. The second-order valence-electron chi connectivity index (χ2n) is 9.75. The summed E-state index contributed by atoms with van der Waals surface area (Å²) in [4.78, 5) is 13.3. The van der Waals surface area contributed by atoms with Crippen LogP contribution in [0.15, 0.2) is 18.2 Å². The highest BCUT2D eigenvalue weighted by Crippen LogP contribution is 2.55. The lowest BCUT2D eigenvalue weighted by Crippen LogP contribution is -2.62. The van der Waals surface area contributed by atoms with Gasteiger partial charge in [0, 0.05) is 11.6 Å². The molecule has 1 aromatic rings. The van der Waals surface area contributed by atoms with Gasteiger partial charge in [-0.2, -0.15) is 0 Å². The summed E-state index contributed by atoms with van der Waals surface area (Å²) in [6.07, 6.45) is 8.09. The number of carbonyl (C=O) groups is 1. The number of amides is 1. The first-order valence-electron chi connectivity index (χ1n) is 10.9. The number of hydrogen-bond donors (Lipinski definition) is 1. The maximum Gasteiger partial charge on any atom is 0.244 e. The molecule has 0 spiro atoms. The smallest absolute Gasteiger partial charge is 0.244 e. The number of benzene rings is 1. The van der Waals surface area contributed by atoms with Gasteiger partial charge in [-0.3, -0.25) is 9.10 Å². The molecule has 4 fully saturated rings. The number of hydrogen-bond acceptors (Lipinski definition) is 5. The van der Waals surface area contributed by atoms with Gasteiger partial charge in [0.25, 0.3) is 0 Å². The lowest BCUT2D eigenvalue weighted by molar-refractivity contribution is -0.127. The van der Waals surface area contributed by atoms with Crippen molar-refractivity contribution < 1.29 is 22.7 Å². The number of anilines is 1. The molecule has 1 N–H and O–H groups in total. The van der Waals surface area contributed by atoms with Crippen molar-refractivity contribution in [3.63, 3.8) is 0 Å². The average Bonchev–Trinajstić information content (AvgIpc) is 2.65. The maximum absolute atomic E-state index is 13.3. The van der Waals surface area contributed by atoms with Gasteiger partial charge in [0.1, 0.15) is 19.3 Å². The van der Waals surface area contributed by atoms with Crippen LogP contribution in [0.1, 0.15) is 45.4 Å². The van der Waals surface area contributed by atoms with Crippen LogP contribution in [0.3, 0.4) is 0 Å². The Kier molecular flexibility index (Phi) is 4.69. The first kappa shape index (κ1) is 20.0. The second-order valence-corrected chi connectivity index (χ2v) is 11.6. The minimum atomic E-state index is -3.68. The molecular weight excluding hydrogens is 404 g/mol. The van der Waals surface area contributed by atoms with E-state index in [0.29, 0.717) is 48.2 Å². The van der Waals surface area contributed by atoms with E-state index in [1.54, 1.807) is 25.1 Å². The van der Waals surface area contributed by atoms with Gasteiger partial charge < -0.3 is 14.8 Å². The molecule has 1 heterocycles. The number of nitrogens with zero attached hydrogens (tertiary/aromatic N) is 1. The highest BCUT2D eigenvalue weighted by Gasteiger charge is 2.52. The van der Waals surface area contributed by atoms with Crippen LogP contribution in [0, 0.1) is 17.8 Å². The summed E-state index contributed by atoms with van der Waals surface area (Å²) in [6.45, 7) is 2.54. The van der Waals surface area contributed by atoms with Crippen LogP contribution < -0.4 is 19.1 Å². The topological polar surface area (TPSA) is 84.9 Å².